The molecule has 0 aliphatic carbocycles. The molecule has 0 aliphatic heterocycles. The first kappa shape index (κ1) is 79.3. The Morgan fingerprint density at radius 2 is 0.600 bits per heavy atom. The number of esters is 2. The lowest BCUT2D eigenvalue weighted by atomic mass is 10.2. The summed E-state index contributed by atoms with van der Waals surface area (Å²) in [5, 5.41) is 96.9. The summed E-state index contributed by atoms with van der Waals surface area (Å²) in [5.41, 5.74) is 18.0. The van der Waals surface area contributed by atoms with Crippen LogP contribution in [0.15, 0.2) is 265 Å². The zero-order valence-corrected chi connectivity index (χ0v) is 56.9. The third-order valence-electron chi connectivity index (χ3n) is 14.2. The second kappa shape index (κ2) is 45.1. The molecule has 8 rings (SSSR count). The minimum absolute atomic E-state index is 0.0126. The highest BCUT2D eigenvalue weighted by atomic mass is 16.5. The van der Waals surface area contributed by atoms with Crippen LogP contribution in [0, 0.1) is 5.39 Å². The number of nitrogens with two attached hydrogens (primary N) is 1. The number of nitrogens with zero attached hydrogens (tertiary/aromatic N) is 15. The van der Waals surface area contributed by atoms with Gasteiger partial charge in [0.15, 0.2) is 4.98 Å². The first-order valence-corrected chi connectivity index (χ1v) is 32.0. The smallest absolute Gasteiger partial charge is 0.385 e. The maximum atomic E-state index is 11.5. The Hall–Kier alpha value is -11.4. The fourth-order valence-corrected chi connectivity index (χ4v) is 8.71. The Morgan fingerprint density at radius 1 is 0.370 bits per heavy atom. The molecule has 8 aromatic rings. The molecule has 0 aromatic heterocycles. The second-order valence-corrected chi connectivity index (χ2v) is 21.9. The van der Waals surface area contributed by atoms with Crippen molar-refractivity contribution in [1.29, 1.82) is 5.39 Å². The van der Waals surface area contributed by atoms with E-state index in [1.54, 1.807) is 62.4 Å². The molecule has 0 fully saturated rings. The molecule has 524 valence electrons. The summed E-state index contributed by atoms with van der Waals surface area (Å²) in [4.78, 5) is 35.4. The van der Waals surface area contributed by atoms with E-state index in [0.717, 1.165) is 39.8 Å². The van der Waals surface area contributed by atoms with E-state index in [1.807, 2.05) is 190 Å². The number of likely N-dealkylation sites (N-methyl/N-ethyl adjacent to an activating group) is 2. The van der Waals surface area contributed by atoms with Gasteiger partial charge in [0, 0.05) is 111 Å². The van der Waals surface area contributed by atoms with Crippen LogP contribution in [-0.2, 0) is 19.1 Å². The third kappa shape index (κ3) is 29.5. The molecule has 0 spiro atoms. The summed E-state index contributed by atoms with van der Waals surface area (Å²) >= 11 is 0. The first-order chi connectivity index (χ1) is 48.5. The van der Waals surface area contributed by atoms with Crippen molar-refractivity contribution in [1.82, 2.24) is 0 Å². The number of hydrogen-bond donors (Lipinski definition) is 7. The van der Waals surface area contributed by atoms with Crippen molar-refractivity contribution >= 4 is 97.2 Å². The van der Waals surface area contributed by atoms with Crippen LogP contribution in [0.25, 0.3) is 4.98 Å². The molecule has 0 radical (unpaired) electrons. The van der Waals surface area contributed by atoms with E-state index in [-0.39, 0.29) is 58.2 Å². The van der Waals surface area contributed by atoms with Crippen LogP contribution >= 0.6 is 0 Å². The van der Waals surface area contributed by atoms with Gasteiger partial charge in [0.1, 0.15) is 13.2 Å². The van der Waals surface area contributed by atoms with E-state index in [4.69, 9.17) is 41.0 Å². The van der Waals surface area contributed by atoms with E-state index in [9.17, 15) is 19.8 Å². The molecule has 8 aromatic carbocycles. The molecule has 26 heteroatoms. The van der Waals surface area contributed by atoms with Crippen molar-refractivity contribution in [3.05, 3.63) is 229 Å². The van der Waals surface area contributed by atoms with Gasteiger partial charge in [-0.15, -0.1) is 0 Å². The molecule has 8 N–H and O–H groups in total. The highest BCUT2D eigenvalue weighted by molar-refractivity contribution is 5.87. The van der Waals surface area contributed by atoms with Gasteiger partial charge >= 0.3 is 17.6 Å². The number of carbonyl (C=O) groups excluding carboxylic acids is 2. The maximum Gasteiger partial charge on any atom is 0.385 e. The minimum atomic E-state index is -0.386. The molecule has 0 saturated heterocycles. The molecular formula is C74H89N16O10+. The van der Waals surface area contributed by atoms with Gasteiger partial charge in [-0.2, -0.15) is 40.9 Å². The largest absolute Gasteiger partial charge is 0.460 e. The summed E-state index contributed by atoms with van der Waals surface area (Å²) in [6.07, 6.45) is 0. The number of azo groups is 4. The number of rotatable bonds is 33. The van der Waals surface area contributed by atoms with E-state index in [1.165, 1.54) is 0 Å². The number of aliphatic hydroxyl groups is 6. The lowest BCUT2D eigenvalue weighted by Crippen LogP contribution is -2.29. The van der Waals surface area contributed by atoms with E-state index in [0.29, 0.717) is 116 Å². The number of diazo groups is 1. The molecule has 0 aliphatic rings. The minimum Gasteiger partial charge on any atom is -0.460 e. The first-order valence-electron chi connectivity index (χ1n) is 32.0. The summed E-state index contributed by atoms with van der Waals surface area (Å²) in [6, 6.07) is 61.0. The topological polar surface area (TPSA) is 343 Å². The zero-order chi connectivity index (χ0) is 72.3. The van der Waals surface area contributed by atoms with Crippen molar-refractivity contribution in [2.24, 2.45) is 40.9 Å². The highest BCUT2D eigenvalue weighted by Crippen LogP contribution is 2.29. The fourth-order valence-electron chi connectivity index (χ4n) is 8.71. The van der Waals surface area contributed by atoms with Crippen molar-refractivity contribution in [3.63, 3.8) is 0 Å². The van der Waals surface area contributed by atoms with Gasteiger partial charge in [-0.25, -0.2) is 9.59 Å². The van der Waals surface area contributed by atoms with E-state index >= 15 is 0 Å². The molecule has 0 bridgehead atoms. The number of ether oxygens (including phenoxy) is 2. The molecule has 100 heavy (non-hydrogen) atoms. The number of hydrogen-bond acceptors (Lipinski definition) is 25. The van der Waals surface area contributed by atoms with Crippen molar-refractivity contribution in [2.75, 3.05) is 150 Å². The highest BCUT2D eigenvalue weighted by Gasteiger charge is 2.11. The number of benzene rings is 8. The lowest BCUT2D eigenvalue weighted by Gasteiger charge is -2.22. The van der Waals surface area contributed by atoms with Gasteiger partial charge in [-0.3, -0.25) is 0 Å². The number of nitrogen functional groups attached to an aromatic ring is 1. The van der Waals surface area contributed by atoms with Gasteiger partial charge in [0.05, 0.1) is 98.2 Å². The normalized spacial score (nSPS) is 10.8. The van der Waals surface area contributed by atoms with Gasteiger partial charge in [-0.05, 0) is 184 Å². The van der Waals surface area contributed by atoms with Gasteiger partial charge in [0.2, 0.25) is 5.39 Å². The summed E-state index contributed by atoms with van der Waals surface area (Å²) in [6.45, 7) is 15.2. The molecule has 0 unspecified atom stereocenters. The monoisotopic (exact) mass is 1360 g/mol. The van der Waals surface area contributed by atoms with E-state index < -0.39 is 0 Å². The van der Waals surface area contributed by atoms with Crippen molar-refractivity contribution < 1.29 is 49.7 Å². The summed E-state index contributed by atoms with van der Waals surface area (Å²) < 4.78 is 10.2. The van der Waals surface area contributed by atoms with Crippen molar-refractivity contribution in [3.8, 4) is 0 Å². The number of carbonyl (C=O) groups is 2. The van der Waals surface area contributed by atoms with Crippen LogP contribution in [0.3, 0.4) is 0 Å². The Kier molecular flexibility index (Phi) is 35.8. The predicted molar refractivity (Wildman–Crippen MR) is 395 cm³/mol. The maximum absolute atomic E-state index is 11.5. The van der Waals surface area contributed by atoms with Gasteiger partial charge in [-0.1, -0.05) is 31.4 Å². The predicted octanol–water partition coefficient (Wildman–Crippen LogP) is 14.0. The van der Waals surface area contributed by atoms with Crippen LogP contribution in [0.2, 0.25) is 0 Å². The fraction of sp³-hybridized carbons (Fsp3) is 0.270. The van der Waals surface area contributed by atoms with Gasteiger partial charge < -0.3 is 70.3 Å². The SMILES string of the molecule is C=C(C)C(=O)OCCN(C)c1ccc(N=Nc2ccc(N=Nc3ccc(N(CCO)CCO)cc3)cc2)cc1.C=C(C)C(=O)OCCN(C)c1ccccc1.N#[N+]c1ccc(N=Nc2ccc(N(CCO)CCO)cc2)cc1.Nc1ccc(N=Nc2ccc(N(CCO)CCO)cc2)cc1. The Balaban J connectivity index is 0.000000255. The molecule has 0 atom stereocenters. The average Bonchev–Trinajstić information content (AvgIpc) is 1.23. The second-order valence-electron chi connectivity index (χ2n) is 21.9. The summed E-state index contributed by atoms with van der Waals surface area (Å²) in [5.74, 6) is -0.718. The third-order valence-corrected chi connectivity index (χ3v) is 14.2. The lowest BCUT2D eigenvalue weighted by molar-refractivity contribution is -0.139. The quantitative estimate of drug-likeness (QED) is 0.00660. The zero-order valence-electron chi connectivity index (χ0n) is 56.9. The average molecular weight is 1360 g/mol. The van der Waals surface area contributed by atoms with Crippen LogP contribution in [-0.4, -0.2) is 162 Å². The Labute approximate surface area is 583 Å². The Bertz CT molecular complexity index is 3840. The number of anilines is 6. The van der Waals surface area contributed by atoms with Crippen LogP contribution in [0.1, 0.15) is 13.8 Å². The van der Waals surface area contributed by atoms with Crippen LogP contribution in [0.4, 0.5) is 85.3 Å². The molecule has 0 amide bonds. The van der Waals surface area contributed by atoms with Crippen LogP contribution in [0.5, 0.6) is 0 Å². The van der Waals surface area contributed by atoms with Crippen molar-refractivity contribution in [2.45, 2.75) is 13.8 Å². The Morgan fingerprint density at radius 3 is 0.850 bits per heavy atom. The standard InChI is InChI=1S/C29H34N6O4.C16H18N5O2.C16H20N4O2.C13H17NO2/c1-22(2)29(38)39-21-18-34(3)27-12-8-25(9-13-27)32-30-23-4-6-24(7-5-23)31-33-26-10-14-28(15-11-26)35(16-19-36)17-20-37;17-18-13-1-3-14(4-2-13)19-20-15-5-7-16(8-6-15)21(9-11-22)10-12-23;17-13-1-3-14(4-2-13)18-19-15-5-7-16(8-6-15)20(9-11-21)10-12-22;1-11(2)13(15)16-10-9-14(3)12-7-5-4-6-8-12/h4-15,36-37H,1,16-21H2,2-3H3;1-8,22-23H,9-12H2;1-8,21-22H,9-12,17H2;4-8H,1,9-10H2,2-3H3/q;+1;;. The number of aliphatic hydroxyl groups excluding tert-OH is 6. The molecule has 0 heterocycles. The molecule has 26 nitrogen and oxygen atoms in total. The van der Waals surface area contributed by atoms with Gasteiger partial charge in [0.25, 0.3) is 0 Å². The number of para-hydroxylation sites is 1. The molecular weight excluding hydrogens is 1270 g/mol. The van der Waals surface area contributed by atoms with E-state index in [2.05, 4.69) is 59.0 Å². The van der Waals surface area contributed by atoms with Crippen LogP contribution < -0.4 is 30.2 Å². The summed E-state index contributed by atoms with van der Waals surface area (Å²) in [7, 11) is 3.88. The molecule has 0 saturated carbocycles.